The van der Waals surface area contributed by atoms with Crippen molar-refractivity contribution in [3.8, 4) is 0 Å². The SMILES string of the molecule is Nc1ccn(C2C=C(COP(=O)(O)OP(=O)(O)OP(=O)(O)O)[C@H](O)C2O)c(=O)n1. The molecule has 19 heteroatoms. The minimum absolute atomic E-state index is 0.0869. The summed E-state index contributed by atoms with van der Waals surface area (Å²) in [6.07, 6.45) is -0.957. The first kappa shape index (κ1) is 24.0. The summed E-state index contributed by atoms with van der Waals surface area (Å²) in [6, 6.07) is 0.100. The number of hydrogen-bond donors (Lipinski definition) is 7. The van der Waals surface area contributed by atoms with Gasteiger partial charge in [0.05, 0.1) is 12.6 Å². The third kappa shape index (κ3) is 6.62. The molecule has 5 atom stereocenters. The number of aliphatic hydroxyl groups is 2. The highest BCUT2D eigenvalue weighted by Crippen LogP contribution is 2.66. The lowest BCUT2D eigenvalue weighted by atomic mass is 10.1. The van der Waals surface area contributed by atoms with Crippen LogP contribution in [0.2, 0.25) is 0 Å². The predicted molar refractivity (Wildman–Crippen MR) is 91.9 cm³/mol. The Morgan fingerprint density at radius 1 is 1.10 bits per heavy atom. The van der Waals surface area contributed by atoms with Gasteiger partial charge in [-0.05, 0) is 11.6 Å². The van der Waals surface area contributed by atoms with Crippen LogP contribution in [0.1, 0.15) is 6.04 Å². The fourth-order valence-corrected chi connectivity index (χ4v) is 5.32. The Morgan fingerprint density at radius 3 is 2.28 bits per heavy atom. The number of aliphatic hydroxyl groups excluding tert-OH is 2. The minimum atomic E-state index is -5.69. The van der Waals surface area contributed by atoms with Crippen molar-refractivity contribution >= 4 is 29.3 Å². The van der Waals surface area contributed by atoms with Crippen molar-refractivity contribution in [3.63, 3.8) is 0 Å². The fraction of sp³-hybridized carbons (Fsp3) is 0.400. The van der Waals surface area contributed by atoms with Gasteiger partial charge in [0.15, 0.2) is 0 Å². The van der Waals surface area contributed by atoms with Gasteiger partial charge in [-0.2, -0.15) is 13.6 Å². The maximum absolute atomic E-state index is 11.9. The molecule has 0 aromatic carbocycles. The average Bonchev–Trinajstić information content (AvgIpc) is 2.78. The summed E-state index contributed by atoms with van der Waals surface area (Å²) in [5.41, 5.74) is 4.28. The molecule has 8 N–H and O–H groups in total. The lowest BCUT2D eigenvalue weighted by molar-refractivity contribution is 0.0270. The smallest absolute Gasteiger partial charge is 0.388 e. The molecule has 1 aromatic heterocycles. The van der Waals surface area contributed by atoms with Crippen molar-refractivity contribution in [3.05, 3.63) is 34.4 Å². The third-order valence-corrected chi connectivity index (χ3v) is 7.20. The molecule has 1 aliphatic carbocycles. The van der Waals surface area contributed by atoms with Crippen LogP contribution in [-0.4, -0.2) is 58.2 Å². The number of nitrogens with zero attached hydrogens (tertiary/aromatic N) is 2. The third-order valence-electron chi connectivity index (χ3n) is 3.42. The maximum atomic E-state index is 11.9. The van der Waals surface area contributed by atoms with Crippen LogP contribution < -0.4 is 11.4 Å². The average molecular weight is 479 g/mol. The molecule has 0 aliphatic heterocycles. The second-order valence-corrected chi connectivity index (χ2v) is 9.99. The van der Waals surface area contributed by atoms with E-state index in [0.29, 0.717) is 0 Å². The molecule has 1 aromatic rings. The van der Waals surface area contributed by atoms with Crippen molar-refractivity contribution in [1.82, 2.24) is 9.55 Å². The molecule has 2 rings (SSSR count). The standard InChI is InChI=1S/C10H16N3O13P3/c11-7-1-2-13(10(16)12-7)6-3-5(8(14)9(6)15)4-24-28(20,21)26-29(22,23)25-27(17,18)19/h1-3,6,8-9,14-15H,4H2,(H,20,21)(H,22,23)(H2,11,12,16)(H2,17,18,19)/t6?,8-,9?/m0/s1. The van der Waals surface area contributed by atoms with Crippen molar-refractivity contribution in [2.75, 3.05) is 12.3 Å². The van der Waals surface area contributed by atoms with E-state index in [9.17, 15) is 33.6 Å². The Bertz CT molecular complexity index is 1000. The minimum Gasteiger partial charge on any atom is -0.388 e. The number of rotatable bonds is 8. The maximum Gasteiger partial charge on any atom is 0.490 e. The number of nitrogen functional groups attached to an aromatic ring is 1. The molecule has 0 saturated carbocycles. The van der Waals surface area contributed by atoms with Crippen LogP contribution in [0.15, 0.2) is 28.7 Å². The molecule has 0 saturated heterocycles. The van der Waals surface area contributed by atoms with Gasteiger partial charge in [-0.3, -0.25) is 9.09 Å². The van der Waals surface area contributed by atoms with Crippen LogP contribution in [0.5, 0.6) is 0 Å². The molecule has 0 fully saturated rings. The Balaban J connectivity index is 2.12. The zero-order valence-corrected chi connectivity index (χ0v) is 16.7. The molecule has 1 heterocycles. The highest BCUT2D eigenvalue weighted by molar-refractivity contribution is 7.66. The van der Waals surface area contributed by atoms with Crippen LogP contribution in [-0.2, 0) is 26.8 Å². The van der Waals surface area contributed by atoms with Gasteiger partial charge < -0.3 is 35.5 Å². The Kier molecular flexibility index (Phi) is 7.02. The topological polar surface area (TPSA) is 261 Å². The highest BCUT2D eigenvalue weighted by atomic mass is 31.3. The Morgan fingerprint density at radius 2 is 1.72 bits per heavy atom. The van der Waals surface area contributed by atoms with Crippen LogP contribution in [0, 0.1) is 0 Å². The Labute approximate surface area is 161 Å². The van der Waals surface area contributed by atoms with Gasteiger partial charge >= 0.3 is 29.2 Å². The van der Waals surface area contributed by atoms with E-state index < -0.39 is 54.0 Å². The number of anilines is 1. The highest BCUT2D eigenvalue weighted by Gasteiger charge is 2.42. The summed E-state index contributed by atoms with van der Waals surface area (Å²) in [5.74, 6) is -0.0869. The number of phosphoric acid groups is 3. The van der Waals surface area contributed by atoms with Gasteiger partial charge in [-0.1, -0.05) is 6.08 Å². The molecule has 1 aliphatic rings. The fourth-order valence-electron chi connectivity index (χ4n) is 2.31. The van der Waals surface area contributed by atoms with E-state index in [4.69, 9.17) is 20.4 Å². The summed E-state index contributed by atoms with van der Waals surface area (Å²) in [6.45, 7) is -0.935. The van der Waals surface area contributed by atoms with E-state index in [0.717, 1.165) is 10.6 Å². The van der Waals surface area contributed by atoms with E-state index in [1.165, 1.54) is 12.3 Å². The number of nitrogens with two attached hydrogens (primary N) is 1. The van der Waals surface area contributed by atoms with Crippen LogP contribution >= 0.6 is 23.5 Å². The first-order valence-corrected chi connectivity index (χ1v) is 11.8. The van der Waals surface area contributed by atoms with E-state index in [1.807, 2.05) is 0 Å². The summed E-state index contributed by atoms with van der Waals surface area (Å²) in [4.78, 5) is 50.7. The van der Waals surface area contributed by atoms with Gasteiger partial charge in [0.2, 0.25) is 0 Å². The van der Waals surface area contributed by atoms with E-state index in [1.54, 1.807) is 0 Å². The summed E-state index contributed by atoms with van der Waals surface area (Å²) < 4.78 is 45.9. The largest absolute Gasteiger partial charge is 0.490 e. The lowest BCUT2D eigenvalue weighted by Crippen LogP contribution is -2.35. The van der Waals surface area contributed by atoms with Crippen LogP contribution in [0.4, 0.5) is 5.82 Å². The van der Waals surface area contributed by atoms with Crippen LogP contribution in [0.25, 0.3) is 0 Å². The molecule has 164 valence electrons. The lowest BCUT2D eigenvalue weighted by Gasteiger charge is -2.19. The quantitative estimate of drug-likeness (QED) is 0.163. The van der Waals surface area contributed by atoms with Crippen molar-refractivity contribution in [2.24, 2.45) is 0 Å². The molecule has 4 unspecified atom stereocenters. The molecule has 0 bridgehead atoms. The molecule has 29 heavy (non-hydrogen) atoms. The zero-order valence-electron chi connectivity index (χ0n) is 14.0. The van der Waals surface area contributed by atoms with Crippen LogP contribution in [0.3, 0.4) is 0 Å². The van der Waals surface area contributed by atoms with E-state index in [-0.39, 0.29) is 11.4 Å². The second kappa shape index (κ2) is 8.47. The summed E-state index contributed by atoms with van der Waals surface area (Å²) >= 11 is 0. The molecular formula is C10H16N3O13P3. The molecule has 0 radical (unpaired) electrons. The van der Waals surface area contributed by atoms with Crippen molar-refractivity contribution in [2.45, 2.75) is 18.2 Å². The van der Waals surface area contributed by atoms with E-state index in [2.05, 4.69) is 18.1 Å². The number of phosphoric ester groups is 1. The molecule has 0 amide bonds. The van der Waals surface area contributed by atoms with Gasteiger partial charge in [-0.25, -0.2) is 18.5 Å². The first-order chi connectivity index (χ1) is 13.1. The van der Waals surface area contributed by atoms with Gasteiger partial charge in [-0.15, -0.1) is 0 Å². The summed E-state index contributed by atoms with van der Waals surface area (Å²) in [5, 5.41) is 20.1. The van der Waals surface area contributed by atoms with Crippen molar-refractivity contribution in [1.29, 1.82) is 0 Å². The van der Waals surface area contributed by atoms with E-state index >= 15 is 0 Å². The van der Waals surface area contributed by atoms with Crippen molar-refractivity contribution < 1.29 is 56.6 Å². The Hall–Kier alpha value is -1.25. The monoisotopic (exact) mass is 479 g/mol. The van der Waals surface area contributed by atoms with Gasteiger partial charge in [0, 0.05) is 6.20 Å². The summed E-state index contributed by atoms with van der Waals surface area (Å²) in [7, 11) is -16.7. The van der Waals surface area contributed by atoms with Gasteiger partial charge in [0.1, 0.15) is 18.0 Å². The number of aromatic nitrogens is 2. The normalized spacial score (nSPS) is 26.6. The van der Waals surface area contributed by atoms with Gasteiger partial charge in [0.25, 0.3) is 0 Å². The molecular weight excluding hydrogens is 463 g/mol. The zero-order chi connectivity index (χ0) is 22.2. The second-order valence-electron chi connectivity index (χ2n) is 5.57. The molecule has 0 spiro atoms. The first-order valence-electron chi connectivity index (χ1n) is 7.30. The number of hydrogen-bond acceptors (Lipinski definition) is 11. The molecule has 16 nitrogen and oxygen atoms in total. The predicted octanol–water partition coefficient (Wildman–Crippen LogP) is -1.63.